The van der Waals surface area contributed by atoms with Crippen molar-refractivity contribution in [1.82, 2.24) is 0 Å². The number of esters is 2. The number of alkyl halides is 10. The van der Waals surface area contributed by atoms with Gasteiger partial charge in [-0.2, -0.15) is 39.5 Å². The van der Waals surface area contributed by atoms with Crippen molar-refractivity contribution in [2.75, 3.05) is 14.2 Å². The maximum atomic E-state index is 13.7. The molecule has 14 heteroatoms. The number of carbonyl (C=O) groups is 2. The van der Waals surface area contributed by atoms with Crippen LogP contribution in [0.25, 0.3) is 0 Å². The van der Waals surface area contributed by atoms with Gasteiger partial charge in [0.05, 0.1) is 20.1 Å². The highest BCUT2D eigenvalue weighted by atomic mass is 127. The van der Waals surface area contributed by atoms with Crippen LogP contribution in [0.2, 0.25) is 0 Å². The molecule has 0 aliphatic carbocycles. The van der Waals surface area contributed by atoms with Crippen LogP contribution < -0.4 is 0 Å². The summed E-state index contributed by atoms with van der Waals surface area (Å²) in [6, 6.07) is 0. The molecular weight excluding hydrogens is 506 g/mol. The van der Waals surface area contributed by atoms with E-state index in [0.29, 0.717) is 7.11 Å². The fourth-order valence-corrected chi connectivity index (χ4v) is 2.62. The first-order valence-corrected chi connectivity index (χ1v) is 7.70. The van der Waals surface area contributed by atoms with Gasteiger partial charge in [0.2, 0.25) is 0 Å². The Morgan fingerprint density at radius 1 is 0.846 bits per heavy atom. The molecule has 0 aromatic rings. The minimum atomic E-state index is -7.06. The number of hydrogen-bond acceptors (Lipinski definition) is 4. The monoisotopic (exact) mass is 518 g/mol. The van der Waals surface area contributed by atoms with Gasteiger partial charge in [-0.15, -0.1) is 0 Å². The fourth-order valence-electron chi connectivity index (χ4n) is 1.75. The summed E-state index contributed by atoms with van der Waals surface area (Å²) in [5.41, 5.74) is 0. The highest BCUT2D eigenvalue weighted by Gasteiger charge is 2.81. The number of ether oxygens (including phenoxy) is 2. The van der Waals surface area contributed by atoms with Crippen LogP contribution in [-0.2, 0) is 19.1 Å². The van der Waals surface area contributed by atoms with Crippen LogP contribution >= 0.6 is 22.6 Å². The van der Waals surface area contributed by atoms with Crippen LogP contribution in [-0.4, -0.2) is 54.0 Å². The molecule has 0 aliphatic heterocycles. The molecule has 0 saturated carbocycles. The van der Waals surface area contributed by atoms with Crippen LogP contribution in [0.5, 0.6) is 0 Å². The van der Waals surface area contributed by atoms with Crippen molar-refractivity contribution < 1.29 is 58.6 Å². The van der Waals surface area contributed by atoms with Gasteiger partial charge >= 0.3 is 35.9 Å². The van der Waals surface area contributed by atoms with Crippen LogP contribution in [0.1, 0.15) is 12.8 Å². The van der Waals surface area contributed by atoms with Crippen LogP contribution in [0, 0.1) is 5.92 Å². The van der Waals surface area contributed by atoms with Crippen molar-refractivity contribution in [3.05, 3.63) is 0 Å². The maximum Gasteiger partial charge on any atom is 0.460 e. The molecule has 0 bridgehead atoms. The molecule has 4 nitrogen and oxygen atoms in total. The molecule has 0 saturated heterocycles. The largest absolute Gasteiger partial charge is 0.469 e. The zero-order chi connectivity index (χ0) is 21.1. The highest BCUT2D eigenvalue weighted by Crippen LogP contribution is 2.54. The topological polar surface area (TPSA) is 52.6 Å². The molecule has 0 N–H and O–H groups in total. The fraction of sp³-hybridized carbons (Fsp3) is 0.833. The lowest BCUT2D eigenvalue weighted by Crippen LogP contribution is -2.61. The third-order valence-corrected chi connectivity index (χ3v) is 4.21. The second-order valence-electron chi connectivity index (χ2n) is 5.00. The summed E-state index contributed by atoms with van der Waals surface area (Å²) in [5.74, 6) is -24.8. The summed E-state index contributed by atoms with van der Waals surface area (Å²) < 4.78 is 123. The van der Waals surface area contributed by atoms with Gasteiger partial charge < -0.3 is 9.47 Å². The van der Waals surface area contributed by atoms with E-state index in [1.165, 1.54) is 22.6 Å². The van der Waals surface area contributed by atoms with Crippen LogP contribution in [0.4, 0.5) is 39.5 Å². The van der Waals surface area contributed by atoms with Crippen molar-refractivity contribution in [3.63, 3.8) is 0 Å². The van der Waals surface area contributed by atoms with Crippen molar-refractivity contribution in [2.24, 2.45) is 5.92 Å². The minimum absolute atomic E-state index is 0.649. The molecule has 0 fully saturated rings. The van der Waals surface area contributed by atoms with Crippen LogP contribution in [0.3, 0.4) is 0 Å². The van der Waals surface area contributed by atoms with Gasteiger partial charge in [0.25, 0.3) is 0 Å². The first-order chi connectivity index (χ1) is 11.5. The summed E-state index contributed by atoms with van der Waals surface area (Å²) >= 11 is 1.29. The van der Waals surface area contributed by atoms with Gasteiger partial charge in [-0.3, -0.25) is 9.59 Å². The first-order valence-electron chi connectivity index (χ1n) is 6.46. The van der Waals surface area contributed by atoms with E-state index in [1.807, 2.05) is 0 Å². The lowest BCUT2D eigenvalue weighted by atomic mass is 9.90. The molecule has 0 spiro atoms. The average Bonchev–Trinajstić information content (AvgIpc) is 2.50. The molecule has 0 rings (SSSR count). The molecular formula is C12H12F9IO4. The second kappa shape index (κ2) is 8.37. The Bertz CT molecular complexity index is 521. The van der Waals surface area contributed by atoms with E-state index in [4.69, 9.17) is 0 Å². The zero-order valence-corrected chi connectivity index (χ0v) is 15.1. The summed E-state index contributed by atoms with van der Waals surface area (Å²) in [6.45, 7) is 0. The predicted molar refractivity (Wildman–Crippen MR) is 75.5 cm³/mol. The number of methoxy groups -OCH3 is 2. The van der Waals surface area contributed by atoms with Crippen molar-refractivity contribution in [3.8, 4) is 0 Å². The van der Waals surface area contributed by atoms with Gasteiger partial charge in [-0.05, 0) is 6.42 Å². The number of hydrogen-bond donors (Lipinski definition) is 0. The molecule has 2 atom stereocenters. The highest BCUT2D eigenvalue weighted by molar-refractivity contribution is 14.1. The Kier molecular flexibility index (Phi) is 8.06. The standard InChI is InChI=1S/C12H12F9IO4/c1-25-7(23)5(3-6(22)8(24)26-2)4-9(13,14)10(15,16)11(17,18)12(19,20)21/h5-6H,3-4H2,1-2H3. The van der Waals surface area contributed by atoms with Gasteiger partial charge in [0.1, 0.15) is 3.92 Å². The predicted octanol–water partition coefficient (Wildman–Crippen LogP) is 4.00. The normalized spacial score (nSPS) is 16.0. The van der Waals surface area contributed by atoms with E-state index < -0.39 is 58.6 Å². The third-order valence-electron chi connectivity index (χ3n) is 3.20. The van der Waals surface area contributed by atoms with E-state index >= 15 is 0 Å². The Morgan fingerprint density at radius 2 is 1.27 bits per heavy atom. The molecule has 0 aliphatic rings. The second-order valence-corrected chi connectivity index (χ2v) is 6.51. The average molecular weight is 518 g/mol. The number of halogens is 10. The van der Waals surface area contributed by atoms with Gasteiger partial charge in [0.15, 0.2) is 0 Å². The zero-order valence-electron chi connectivity index (χ0n) is 13.0. The smallest absolute Gasteiger partial charge is 0.460 e. The quantitative estimate of drug-likeness (QED) is 0.211. The van der Waals surface area contributed by atoms with Crippen molar-refractivity contribution in [1.29, 1.82) is 0 Å². The molecule has 0 heterocycles. The first kappa shape index (κ1) is 25.0. The Hall–Kier alpha value is -0.960. The lowest BCUT2D eigenvalue weighted by Gasteiger charge is -2.35. The third kappa shape index (κ3) is 5.06. The molecule has 154 valence electrons. The summed E-state index contributed by atoms with van der Waals surface area (Å²) in [5, 5.41) is 0. The van der Waals surface area contributed by atoms with E-state index in [2.05, 4.69) is 9.47 Å². The Morgan fingerprint density at radius 3 is 1.62 bits per heavy atom. The molecule has 0 aromatic carbocycles. The van der Waals surface area contributed by atoms with Crippen LogP contribution in [0.15, 0.2) is 0 Å². The molecule has 0 radical (unpaired) electrons. The maximum absolute atomic E-state index is 13.7. The summed E-state index contributed by atoms with van der Waals surface area (Å²) in [6.07, 6.45) is -10.3. The van der Waals surface area contributed by atoms with E-state index in [0.717, 1.165) is 7.11 Å². The summed E-state index contributed by atoms with van der Waals surface area (Å²) in [7, 11) is 1.53. The molecule has 0 aromatic heterocycles. The Labute approximate surface area is 154 Å². The van der Waals surface area contributed by atoms with E-state index in [9.17, 15) is 49.1 Å². The minimum Gasteiger partial charge on any atom is -0.469 e. The number of carbonyl (C=O) groups excluding carboxylic acids is 2. The summed E-state index contributed by atoms with van der Waals surface area (Å²) in [4.78, 5) is 22.7. The molecule has 0 amide bonds. The van der Waals surface area contributed by atoms with E-state index in [-0.39, 0.29) is 0 Å². The lowest BCUT2D eigenvalue weighted by molar-refractivity contribution is -0.397. The van der Waals surface area contributed by atoms with E-state index in [1.54, 1.807) is 0 Å². The SMILES string of the molecule is COC(=O)C(I)CC(CC(F)(F)C(F)(F)C(F)(F)C(F)(F)F)C(=O)OC. The molecule has 26 heavy (non-hydrogen) atoms. The van der Waals surface area contributed by atoms with Gasteiger partial charge in [0, 0.05) is 6.42 Å². The molecule has 2 unspecified atom stereocenters. The van der Waals surface area contributed by atoms with Crippen molar-refractivity contribution in [2.45, 2.75) is 40.7 Å². The van der Waals surface area contributed by atoms with Gasteiger partial charge in [-0.1, -0.05) is 22.6 Å². The number of rotatable bonds is 8. The van der Waals surface area contributed by atoms with Gasteiger partial charge in [-0.25, -0.2) is 0 Å². The van der Waals surface area contributed by atoms with Crippen molar-refractivity contribution >= 4 is 34.5 Å². The Balaban J connectivity index is 5.72.